The molecule has 170 valence electrons. The zero-order valence-electron chi connectivity index (χ0n) is 17.9. The van der Waals surface area contributed by atoms with Crippen molar-refractivity contribution in [1.82, 2.24) is 19.8 Å². The first-order valence-corrected chi connectivity index (χ1v) is 10.4. The first-order valence-electron chi connectivity index (χ1n) is 10.1. The van der Waals surface area contributed by atoms with Gasteiger partial charge in [0.25, 0.3) is 5.91 Å². The highest BCUT2D eigenvalue weighted by Crippen LogP contribution is 2.35. The van der Waals surface area contributed by atoms with E-state index >= 15 is 0 Å². The number of benzene rings is 2. The van der Waals surface area contributed by atoms with E-state index in [0.717, 1.165) is 35.0 Å². The molecule has 10 heteroatoms. The summed E-state index contributed by atoms with van der Waals surface area (Å²) >= 11 is 6.00. The van der Waals surface area contributed by atoms with Gasteiger partial charge in [0.2, 0.25) is 0 Å². The van der Waals surface area contributed by atoms with Gasteiger partial charge in [-0.05, 0) is 36.6 Å². The van der Waals surface area contributed by atoms with E-state index in [4.69, 9.17) is 11.6 Å². The molecule has 0 unspecified atom stereocenters. The molecular formula is C23H19ClF3N5O. The van der Waals surface area contributed by atoms with E-state index in [1.165, 1.54) is 4.52 Å². The van der Waals surface area contributed by atoms with Crippen molar-refractivity contribution in [3.05, 3.63) is 76.2 Å². The van der Waals surface area contributed by atoms with Crippen molar-refractivity contribution < 1.29 is 18.0 Å². The Hall–Kier alpha value is -3.46. The van der Waals surface area contributed by atoms with Crippen LogP contribution in [0.5, 0.6) is 0 Å². The number of rotatable bonds is 4. The molecule has 2 aromatic heterocycles. The lowest BCUT2D eigenvalue weighted by atomic mass is 10.00. The molecule has 0 aliphatic heterocycles. The number of hydrogen-bond donors (Lipinski definition) is 1. The summed E-state index contributed by atoms with van der Waals surface area (Å²) in [6, 6.07) is 12.3. The van der Waals surface area contributed by atoms with Gasteiger partial charge < -0.3 is 5.32 Å². The molecular weight excluding hydrogens is 455 g/mol. The first-order chi connectivity index (χ1) is 15.6. The molecule has 0 atom stereocenters. The summed E-state index contributed by atoms with van der Waals surface area (Å²) in [5.74, 6) is -0.673. The number of aryl methyl sites for hydroxylation is 1. The molecule has 0 bridgehead atoms. The van der Waals surface area contributed by atoms with E-state index in [-0.39, 0.29) is 22.3 Å². The van der Waals surface area contributed by atoms with E-state index in [0.29, 0.717) is 11.3 Å². The molecule has 0 aliphatic rings. The second kappa shape index (κ2) is 8.47. The Morgan fingerprint density at radius 2 is 1.79 bits per heavy atom. The van der Waals surface area contributed by atoms with E-state index < -0.39 is 17.6 Å². The van der Waals surface area contributed by atoms with Crippen molar-refractivity contribution >= 4 is 28.8 Å². The maximum atomic E-state index is 13.1. The molecule has 4 rings (SSSR count). The van der Waals surface area contributed by atoms with Gasteiger partial charge in [-0.3, -0.25) is 4.79 Å². The number of anilines is 1. The molecule has 0 radical (unpaired) electrons. The number of carbonyl (C=O) groups is 1. The maximum absolute atomic E-state index is 13.1. The quantitative estimate of drug-likeness (QED) is 0.386. The largest absolute Gasteiger partial charge is 0.416 e. The van der Waals surface area contributed by atoms with E-state index in [1.54, 1.807) is 6.92 Å². The van der Waals surface area contributed by atoms with Crippen LogP contribution in [0.2, 0.25) is 5.02 Å². The summed E-state index contributed by atoms with van der Waals surface area (Å²) in [5, 5.41) is 15.3. The molecule has 0 aliphatic carbocycles. The number of alkyl halides is 3. The Morgan fingerprint density at radius 1 is 1.09 bits per heavy atom. The minimum atomic E-state index is -4.57. The molecule has 6 nitrogen and oxygen atoms in total. The number of amides is 1. The van der Waals surface area contributed by atoms with Crippen LogP contribution in [-0.4, -0.2) is 25.7 Å². The highest BCUT2D eigenvalue weighted by Gasteiger charge is 2.31. The third kappa shape index (κ3) is 4.28. The highest BCUT2D eigenvalue weighted by molar-refractivity contribution is 6.34. The second-order valence-electron chi connectivity index (χ2n) is 7.80. The molecule has 1 N–H and O–H groups in total. The predicted molar refractivity (Wildman–Crippen MR) is 119 cm³/mol. The van der Waals surface area contributed by atoms with Gasteiger partial charge in [0.15, 0.2) is 11.3 Å². The van der Waals surface area contributed by atoms with Crippen molar-refractivity contribution in [3.63, 3.8) is 0 Å². The normalized spacial score (nSPS) is 11.9. The monoisotopic (exact) mass is 473 g/mol. The van der Waals surface area contributed by atoms with E-state index in [2.05, 4.69) is 20.6 Å². The molecule has 0 saturated heterocycles. The SMILES string of the molecule is Cc1c(C(=O)Nc2cc(C(F)(F)F)ccc2Cl)nnc2c(-c3ccccc3)c(C(C)C)nn12. The summed E-state index contributed by atoms with van der Waals surface area (Å²) in [7, 11) is 0. The zero-order valence-corrected chi connectivity index (χ0v) is 18.7. The van der Waals surface area contributed by atoms with Gasteiger partial charge in [0, 0.05) is 0 Å². The van der Waals surface area contributed by atoms with Crippen LogP contribution in [0.3, 0.4) is 0 Å². The van der Waals surface area contributed by atoms with E-state index in [9.17, 15) is 18.0 Å². The Labute approximate surface area is 192 Å². The van der Waals surface area contributed by atoms with Gasteiger partial charge in [-0.25, -0.2) is 4.52 Å². The topological polar surface area (TPSA) is 72.2 Å². The Balaban J connectivity index is 1.77. The van der Waals surface area contributed by atoms with Crippen LogP contribution in [-0.2, 0) is 6.18 Å². The minimum absolute atomic E-state index is 0.0319. The summed E-state index contributed by atoms with van der Waals surface area (Å²) in [4.78, 5) is 12.9. The molecule has 33 heavy (non-hydrogen) atoms. The van der Waals surface area contributed by atoms with E-state index in [1.807, 2.05) is 44.2 Å². The third-order valence-corrected chi connectivity index (χ3v) is 5.49. The molecule has 2 aromatic carbocycles. The number of halogens is 4. The van der Waals surface area contributed by atoms with Crippen molar-refractivity contribution in [2.24, 2.45) is 0 Å². The minimum Gasteiger partial charge on any atom is -0.319 e. The molecule has 2 heterocycles. The van der Waals surface area contributed by atoms with Gasteiger partial charge in [0.1, 0.15) is 0 Å². The van der Waals surface area contributed by atoms with Crippen LogP contribution < -0.4 is 5.32 Å². The number of nitrogens with one attached hydrogen (secondary N) is 1. The number of hydrogen-bond acceptors (Lipinski definition) is 4. The summed E-state index contributed by atoms with van der Waals surface area (Å²) in [6.45, 7) is 5.65. The van der Waals surface area contributed by atoms with Crippen LogP contribution in [0.25, 0.3) is 16.8 Å². The molecule has 4 aromatic rings. The fourth-order valence-corrected chi connectivity index (χ4v) is 3.66. The standard InChI is InChI=1S/C23H19ClF3N5O/c1-12(2)19-18(14-7-5-4-6-8-14)21-30-29-20(13(3)32(21)31-19)22(33)28-17-11-15(23(25,26)27)9-10-16(17)24/h4-12H,1-3H3,(H,28,33). The first kappa shape index (κ1) is 22.7. The van der Waals surface area contributed by atoms with Crippen LogP contribution in [0.15, 0.2) is 48.5 Å². The lowest BCUT2D eigenvalue weighted by Crippen LogP contribution is -2.19. The lowest BCUT2D eigenvalue weighted by molar-refractivity contribution is -0.137. The Bertz CT molecular complexity index is 1350. The van der Waals surface area contributed by atoms with Gasteiger partial charge in [-0.1, -0.05) is 55.8 Å². The maximum Gasteiger partial charge on any atom is 0.416 e. The summed E-state index contributed by atoms with van der Waals surface area (Å²) < 4.78 is 40.7. The highest BCUT2D eigenvalue weighted by atomic mass is 35.5. The number of fused-ring (bicyclic) bond motifs is 1. The number of aromatic nitrogens is 4. The van der Waals surface area contributed by atoms with Crippen LogP contribution in [0, 0.1) is 6.92 Å². The molecule has 0 saturated carbocycles. The van der Waals surface area contributed by atoms with Crippen molar-refractivity contribution in [2.75, 3.05) is 5.32 Å². The summed E-state index contributed by atoms with van der Waals surface area (Å²) in [5.41, 5.74) is 2.21. The van der Waals surface area contributed by atoms with Gasteiger partial charge in [-0.15, -0.1) is 10.2 Å². The Morgan fingerprint density at radius 3 is 2.42 bits per heavy atom. The second-order valence-corrected chi connectivity index (χ2v) is 8.20. The lowest BCUT2D eigenvalue weighted by Gasteiger charge is -2.12. The molecule has 0 fully saturated rings. The smallest absolute Gasteiger partial charge is 0.319 e. The third-order valence-electron chi connectivity index (χ3n) is 5.16. The fraction of sp³-hybridized carbons (Fsp3) is 0.217. The van der Waals surface area contributed by atoms with Gasteiger partial charge in [-0.2, -0.15) is 18.3 Å². The Kier molecular flexibility index (Phi) is 5.84. The average molecular weight is 474 g/mol. The fourth-order valence-electron chi connectivity index (χ4n) is 3.50. The number of carbonyl (C=O) groups excluding carboxylic acids is 1. The summed E-state index contributed by atoms with van der Waals surface area (Å²) in [6.07, 6.45) is -4.57. The average Bonchev–Trinajstić information content (AvgIpc) is 3.16. The van der Waals surface area contributed by atoms with Crippen molar-refractivity contribution in [1.29, 1.82) is 0 Å². The van der Waals surface area contributed by atoms with Crippen molar-refractivity contribution in [2.45, 2.75) is 32.9 Å². The number of nitrogens with zero attached hydrogens (tertiary/aromatic N) is 4. The van der Waals surface area contributed by atoms with Gasteiger partial charge in [0.05, 0.1) is 33.2 Å². The van der Waals surface area contributed by atoms with Crippen LogP contribution >= 0.6 is 11.6 Å². The van der Waals surface area contributed by atoms with Crippen LogP contribution in [0.4, 0.5) is 18.9 Å². The van der Waals surface area contributed by atoms with Gasteiger partial charge >= 0.3 is 6.18 Å². The van der Waals surface area contributed by atoms with Crippen molar-refractivity contribution in [3.8, 4) is 11.1 Å². The van der Waals surface area contributed by atoms with Crippen LogP contribution in [0.1, 0.15) is 47.2 Å². The molecule has 0 spiro atoms. The predicted octanol–water partition coefficient (Wildman–Crippen LogP) is 6.15. The zero-order chi connectivity index (χ0) is 23.9. The molecule has 1 amide bonds.